The molecule has 1 N–H and O–H groups in total. The Kier molecular flexibility index (Phi) is 6.08. The van der Waals surface area contributed by atoms with Crippen LogP contribution in [-0.4, -0.2) is 64.2 Å². The van der Waals surface area contributed by atoms with Gasteiger partial charge in [-0.05, 0) is 70.4 Å². The molecule has 0 atom stereocenters. The minimum absolute atomic E-state index is 0.0140. The number of nitrogens with one attached hydrogen (secondary N) is 1. The second-order valence-electron chi connectivity index (χ2n) is 8.57. The summed E-state index contributed by atoms with van der Waals surface area (Å²) in [5.41, 5.74) is 0.481. The van der Waals surface area contributed by atoms with E-state index in [1.54, 1.807) is 0 Å². The first-order valence-electron chi connectivity index (χ1n) is 10.8. The fraction of sp³-hybridized carbons (Fsp3) is 0.850. The second-order valence-corrected chi connectivity index (χ2v) is 8.57. The Balaban J connectivity index is 1.25. The minimum Gasteiger partial charge on any atom is -0.375 e. The summed E-state index contributed by atoms with van der Waals surface area (Å²) >= 11 is 0. The van der Waals surface area contributed by atoms with Gasteiger partial charge in [0.05, 0.1) is 24.4 Å². The van der Waals surface area contributed by atoms with Crippen molar-refractivity contribution in [3.8, 4) is 0 Å². The van der Waals surface area contributed by atoms with Crippen LogP contribution in [-0.2, 0) is 4.74 Å². The minimum atomic E-state index is 0.0140. The third-order valence-corrected chi connectivity index (χ3v) is 6.49. The number of rotatable bonds is 4. The van der Waals surface area contributed by atoms with E-state index in [9.17, 15) is 4.79 Å². The molecule has 0 aromatic carbocycles. The molecule has 3 heterocycles. The fourth-order valence-corrected chi connectivity index (χ4v) is 4.62. The highest BCUT2D eigenvalue weighted by molar-refractivity contribution is 5.92. The molecule has 1 aromatic heterocycles. The molecule has 0 radical (unpaired) electrons. The fourth-order valence-electron chi connectivity index (χ4n) is 4.62. The molecule has 1 amide bonds. The summed E-state index contributed by atoms with van der Waals surface area (Å²) in [6, 6.07) is 0.359. The van der Waals surface area contributed by atoms with E-state index in [0.29, 0.717) is 23.9 Å². The van der Waals surface area contributed by atoms with Crippen molar-refractivity contribution in [2.45, 2.75) is 76.5 Å². The van der Waals surface area contributed by atoms with Gasteiger partial charge in [0, 0.05) is 13.1 Å². The van der Waals surface area contributed by atoms with Gasteiger partial charge in [-0.15, -0.1) is 5.10 Å². The molecule has 4 rings (SSSR count). The summed E-state index contributed by atoms with van der Waals surface area (Å²) in [7, 11) is 0. The number of piperidine rings is 2. The van der Waals surface area contributed by atoms with Crippen LogP contribution < -0.4 is 5.32 Å². The number of carbonyl (C=O) groups excluding carboxylic acids is 1. The lowest BCUT2D eigenvalue weighted by Crippen LogP contribution is -2.42. The van der Waals surface area contributed by atoms with Gasteiger partial charge in [0.2, 0.25) is 0 Å². The molecule has 3 aliphatic rings. The summed E-state index contributed by atoms with van der Waals surface area (Å²) in [5, 5.41) is 11.7. The lowest BCUT2D eigenvalue weighted by molar-refractivity contribution is -0.0571. The van der Waals surface area contributed by atoms with Gasteiger partial charge in [-0.25, -0.2) is 4.68 Å². The third-order valence-electron chi connectivity index (χ3n) is 6.49. The Hall–Kier alpha value is -1.47. The van der Waals surface area contributed by atoms with Crippen LogP contribution in [0.2, 0.25) is 0 Å². The lowest BCUT2D eigenvalue weighted by atomic mass is 9.88. The average molecular weight is 376 g/mol. The maximum Gasteiger partial charge on any atom is 0.276 e. The smallest absolute Gasteiger partial charge is 0.276 e. The molecule has 150 valence electrons. The molecule has 7 heteroatoms. The van der Waals surface area contributed by atoms with E-state index in [4.69, 9.17) is 4.74 Å². The van der Waals surface area contributed by atoms with Crippen molar-refractivity contribution >= 4 is 5.91 Å². The summed E-state index contributed by atoms with van der Waals surface area (Å²) in [4.78, 5) is 14.7. The van der Waals surface area contributed by atoms with E-state index < -0.39 is 0 Å². The van der Waals surface area contributed by atoms with Crippen LogP contribution in [0.1, 0.15) is 74.8 Å². The molecule has 1 saturated carbocycles. The van der Waals surface area contributed by atoms with Crippen LogP contribution in [0.5, 0.6) is 0 Å². The van der Waals surface area contributed by atoms with Gasteiger partial charge in [0.1, 0.15) is 0 Å². The van der Waals surface area contributed by atoms with Gasteiger partial charge in [0.25, 0.3) is 5.91 Å². The predicted octanol–water partition coefficient (Wildman–Crippen LogP) is 2.40. The molecular formula is C20H33N5O2. The van der Waals surface area contributed by atoms with Gasteiger partial charge in [-0.1, -0.05) is 12.1 Å². The SMILES string of the molecule is CC1CCC(OC2CCN(C(=O)c3cn(C4CCNCC4)nn3)CC2)CC1. The molecule has 7 nitrogen and oxygen atoms in total. The second kappa shape index (κ2) is 8.69. The van der Waals surface area contributed by atoms with Gasteiger partial charge in [-0.3, -0.25) is 4.79 Å². The van der Waals surface area contributed by atoms with Crippen LogP contribution in [0.25, 0.3) is 0 Å². The highest BCUT2D eigenvalue weighted by Crippen LogP contribution is 2.28. The van der Waals surface area contributed by atoms with Crippen molar-refractivity contribution in [3.63, 3.8) is 0 Å². The first-order valence-corrected chi connectivity index (χ1v) is 10.8. The molecular weight excluding hydrogens is 342 g/mol. The number of aromatic nitrogens is 3. The summed E-state index contributed by atoms with van der Waals surface area (Å²) in [5.74, 6) is 0.864. The standard InChI is InChI=1S/C20H33N5O2/c1-15-2-4-17(5-3-15)27-18-8-12-24(13-9-18)20(26)19-14-25(23-22-19)16-6-10-21-11-7-16/h14-18,21H,2-13H2,1H3. The lowest BCUT2D eigenvalue weighted by Gasteiger charge is -2.35. The Morgan fingerprint density at radius 3 is 2.41 bits per heavy atom. The molecule has 2 saturated heterocycles. The molecule has 1 aromatic rings. The maximum absolute atomic E-state index is 12.8. The van der Waals surface area contributed by atoms with E-state index in [0.717, 1.165) is 57.8 Å². The van der Waals surface area contributed by atoms with Crippen molar-refractivity contribution in [3.05, 3.63) is 11.9 Å². The normalized spacial score (nSPS) is 28.4. The van der Waals surface area contributed by atoms with E-state index in [2.05, 4.69) is 22.6 Å². The summed E-state index contributed by atoms with van der Waals surface area (Å²) < 4.78 is 8.20. The zero-order chi connectivity index (χ0) is 18.6. The quantitative estimate of drug-likeness (QED) is 0.875. The summed E-state index contributed by atoms with van der Waals surface area (Å²) in [6.45, 7) is 5.85. The molecule has 0 bridgehead atoms. The monoisotopic (exact) mass is 375 g/mol. The molecule has 1 aliphatic carbocycles. The molecule has 0 unspecified atom stereocenters. The first kappa shape index (κ1) is 18.9. The number of amides is 1. The zero-order valence-electron chi connectivity index (χ0n) is 16.5. The topological polar surface area (TPSA) is 72.3 Å². The van der Waals surface area contributed by atoms with Gasteiger partial charge >= 0.3 is 0 Å². The number of carbonyl (C=O) groups is 1. The number of ether oxygens (including phenoxy) is 1. The van der Waals surface area contributed by atoms with Crippen molar-refractivity contribution in [1.82, 2.24) is 25.2 Å². The Morgan fingerprint density at radius 1 is 1.04 bits per heavy atom. The van der Waals surface area contributed by atoms with Crippen LogP contribution in [0.3, 0.4) is 0 Å². The van der Waals surface area contributed by atoms with Crippen LogP contribution in [0, 0.1) is 5.92 Å². The average Bonchev–Trinajstić information content (AvgIpc) is 3.21. The van der Waals surface area contributed by atoms with Gasteiger partial charge < -0.3 is 15.0 Å². The van der Waals surface area contributed by atoms with E-state index >= 15 is 0 Å². The molecule has 2 aliphatic heterocycles. The number of nitrogens with zero attached hydrogens (tertiary/aromatic N) is 4. The maximum atomic E-state index is 12.8. The number of hydrogen-bond donors (Lipinski definition) is 1. The van der Waals surface area contributed by atoms with E-state index in [-0.39, 0.29) is 5.91 Å². The van der Waals surface area contributed by atoms with Crippen molar-refractivity contribution in [1.29, 1.82) is 0 Å². The summed E-state index contributed by atoms with van der Waals surface area (Å²) in [6.07, 6.45) is 11.5. The number of hydrogen-bond acceptors (Lipinski definition) is 5. The van der Waals surface area contributed by atoms with Crippen LogP contribution in [0.4, 0.5) is 0 Å². The van der Waals surface area contributed by atoms with Crippen LogP contribution in [0.15, 0.2) is 6.20 Å². The highest BCUT2D eigenvalue weighted by Gasteiger charge is 2.29. The van der Waals surface area contributed by atoms with E-state index in [1.165, 1.54) is 25.7 Å². The van der Waals surface area contributed by atoms with Crippen molar-refractivity contribution in [2.24, 2.45) is 5.92 Å². The molecule has 27 heavy (non-hydrogen) atoms. The largest absolute Gasteiger partial charge is 0.375 e. The first-order chi connectivity index (χ1) is 13.2. The van der Waals surface area contributed by atoms with Gasteiger partial charge in [0.15, 0.2) is 5.69 Å². The highest BCUT2D eigenvalue weighted by atomic mass is 16.5. The van der Waals surface area contributed by atoms with Crippen LogP contribution >= 0.6 is 0 Å². The zero-order valence-corrected chi connectivity index (χ0v) is 16.5. The Labute approximate surface area is 161 Å². The van der Waals surface area contributed by atoms with Crippen molar-refractivity contribution in [2.75, 3.05) is 26.2 Å². The molecule has 3 fully saturated rings. The van der Waals surface area contributed by atoms with Gasteiger partial charge in [-0.2, -0.15) is 0 Å². The Morgan fingerprint density at radius 2 is 1.70 bits per heavy atom. The third kappa shape index (κ3) is 4.69. The Bertz CT molecular complexity index is 612. The van der Waals surface area contributed by atoms with E-state index in [1.807, 2.05) is 15.8 Å². The molecule has 0 spiro atoms. The number of likely N-dealkylation sites (tertiary alicyclic amines) is 1. The van der Waals surface area contributed by atoms with Crippen molar-refractivity contribution < 1.29 is 9.53 Å². The predicted molar refractivity (Wildman–Crippen MR) is 103 cm³/mol.